The fraction of sp³-hybridized carbons (Fsp3) is 0.375. The first-order valence-electron chi connectivity index (χ1n) is 10.6. The van der Waals surface area contributed by atoms with Crippen molar-refractivity contribution in [3.05, 3.63) is 59.2 Å². The molecule has 0 bridgehead atoms. The Kier molecular flexibility index (Phi) is 7.41. The van der Waals surface area contributed by atoms with Crippen molar-refractivity contribution < 1.29 is 14.4 Å². The molecule has 3 rings (SSSR count). The molecule has 2 aromatic rings. The molecule has 31 heavy (non-hydrogen) atoms. The second kappa shape index (κ2) is 10.2. The molecule has 164 valence electrons. The van der Waals surface area contributed by atoms with E-state index in [-0.39, 0.29) is 17.7 Å². The maximum absolute atomic E-state index is 13.2. The summed E-state index contributed by atoms with van der Waals surface area (Å²) in [6.07, 6.45) is 0.890. The van der Waals surface area contributed by atoms with Gasteiger partial charge in [0.15, 0.2) is 0 Å². The first kappa shape index (κ1) is 22.5. The normalized spacial score (nSPS) is 14.6. The molecule has 2 aromatic carbocycles. The lowest BCUT2D eigenvalue weighted by Crippen LogP contribution is -2.35. The van der Waals surface area contributed by atoms with E-state index >= 15 is 0 Å². The third-order valence-corrected chi connectivity index (χ3v) is 5.35. The largest absolute Gasteiger partial charge is 0.337 e. The lowest BCUT2D eigenvalue weighted by atomic mass is 10.1. The molecule has 7 heteroatoms. The Bertz CT molecular complexity index is 939. The fourth-order valence-electron chi connectivity index (χ4n) is 3.85. The highest BCUT2D eigenvalue weighted by molar-refractivity contribution is 6.00. The van der Waals surface area contributed by atoms with Gasteiger partial charge in [0.1, 0.15) is 0 Å². The molecule has 1 saturated heterocycles. The quantitative estimate of drug-likeness (QED) is 0.775. The van der Waals surface area contributed by atoms with E-state index in [4.69, 9.17) is 0 Å². The van der Waals surface area contributed by atoms with Crippen LogP contribution >= 0.6 is 0 Å². The number of carbonyl (C=O) groups excluding carboxylic acids is 3. The molecule has 0 aliphatic carbocycles. The molecule has 3 amide bonds. The minimum absolute atomic E-state index is 0.100. The highest BCUT2D eigenvalue weighted by Crippen LogP contribution is 2.22. The van der Waals surface area contributed by atoms with Crippen LogP contribution < -0.4 is 10.6 Å². The summed E-state index contributed by atoms with van der Waals surface area (Å²) in [4.78, 5) is 40.4. The molecule has 1 fully saturated rings. The van der Waals surface area contributed by atoms with Crippen LogP contribution in [0.5, 0.6) is 0 Å². The Morgan fingerprint density at radius 3 is 2.13 bits per heavy atom. The van der Waals surface area contributed by atoms with Crippen LogP contribution in [0.15, 0.2) is 42.5 Å². The second-order valence-electron chi connectivity index (χ2n) is 8.01. The van der Waals surface area contributed by atoms with Crippen LogP contribution in [0.4, 0.5) is 11.4 Å². The van der Waals surface area contributed by atoms with E-state index in [1.165, 1.54) is 25.0 Å². The van der Waals surface area contributed by atoms with Gasteiger partial charge in [-0.2, -0.15) is 0 Å². The summed E-state index contributed by atoms with van der Waals surface area (Å²) in [7, 11) is 0. The molecule has 0 aromatic heterocycles. The topological polar surface area (TPSA) is 81.8 Å². The smallest absolute Gasteiger partial charge is 0.254 e. The average molecular weight is 423 g/mol. The predicted octanol–water partition coefficient (Wildman–Crippen LogP) is 3.26. The van der Waals surface area contributed by atoms with Gasteiger partial charge in [-0.05, 0) is 42.7 Å². The number of hydrogen-bond donors (Lipinski definition) is 2. The van der Waals surface area contributed by atoms with E-state index < -0.39 is 0 Å². The first-order valence-corrected chi connectivity index (χ1v) is 10.6. The maximum Gasteiger partial charge on any atom is 0.254 e. The molecule has 0 spiro atoms. The number of carbonyl (C=O) groups is 3. The molecule has 0 saturated carbocycles. The lowest BCUT2D eigenvalue weighted by Gasteiger charge is -2.23. The van der Waals surface area contributed by atoms with E-state index in [1.54, 1.807) is 18.2 Å². The SMILES string of the molecule is CC(=O)Nc1cc(NC(C)=O)cc(C(=O)N2CCCN(Cc3ccccc3C)CC2)c1. The van der Waals surface area contributed by atoms with Crippen molar-refractivity contribution in [3.8, 4) is 0 Å². The van der Waals surface area contributed by atoms with Crippen molar-refractivity contribution in [1.29, 1.82) is 0 Å². The molecule has 1 aliphatic rings. The number of nitrogens with one attached hydrogen (secondary N) is 2. The zero-order chi connectivity index (χ0) is 22.4. The van der Waals surface area contributed by atoms with Gasteiger partial charge < -0.3 is 15.5 Å². The Labute approximate surface area is 183 Å². The van der Waals surface area contributed by atoms with Gasteiger partial charge in [-0.25, -0.2) is 0 Å². The van der Waals surface area contributed by atoms with Crippen LogP contribution in [0.25, 0.3) is 0 Å². The molecule has 0 atom stereocenters. The fourth-order valence-corrected chi connectivity index (χ4v) is 3.85. The van der Waals surface area contributed by atoms with Gasteiger partial charge in [0.2, 0.25) is 11.8 Å². The van der Waals surface area contributed by atoms with Crippen molar-refractivity contribution >= 4 is 29.1 Å². The molecule has 1 aliphatic heterocycles. The van der Waals surface area contributed by atoms with E-state index in [2.05, 4.69) is 40.7 Å². The molecule has 1 heterocycles. The van der Waals surface area contributed by atoms with Gasteiger partial charge in [0, 0.05) is 63.5 Å². The standard InChI is InChI=1S/C24H30N4O3/c1-17-7-4-5-8-20(17)16-27-9-6-10-28(12-11-27)24(31)21-13-22(25-18(2)29)15-23(14-21)26-19(3)30/h4-5,7-8,13-15H,6,9-12,16H2,1-3H3,(H,25,29)(H,26,30). The first-order chi connectivity index (χ1) is 14.8. The average Bonchev–Trinajstić information content (AvgIpc) is 2.93. The highest BCUT2D eigenvalue weighted by Gasteiger charge is 2.21. The Morgan fingerprint density at radius 2 is 1.52 bits per heavy atom. The van der Waals surface area contributed by atoms with Crippen molar-refractivity contribution in [2.45, 2.75) is 33.7 Å². The zero-order valence-corrected chi connectivity index (χ0v) is 18.4. The summed E-state index contributed by atoms with van der Waals surface area (Å²) in [6.45, 7) is 8.84. The van der Waals surface area contributed by atoms with Crippen LogP contribution in [-0.4, -0.2) is 53.7 Å². The monoisotopic (exact) mass is 422 g/mol. The van der Waals surface area contributed by atoms with Crippen LogP contribution in [-0.2, 0) is 16.1 Å². The van der Waals surface area contributed by atoms with Crippen molar-refractivity contribution in [2.24, 2.45) is 0 Å². The molecule has 0 radical (unpaired) electrons. The maximum atomic E-state index is 13.2. The van der Waals surface area contributed by atoms with Gasteiger partial charge in [0.05, 0.1) is 0 Å². The number of nitrogens with zero attached hydrogens (tertiary/aromatic N) is 2. The zero-order valence-electron chi connectivity index (χ0n) is 18.4. The van der Waals surface area contributed by atoms with E-state index in [9.17, 15) is 14.4 Å². The molecular formula is C24H30N4O3. The van der Waals surface area contributed by atoms with Crippen LogP contribution in [0, 0.1) is 6.92 Å². The number of benzene rings is 2. The summed E-state index contributed by atoms with van der Waals surface area (Å²) in [6, 6.07) is 13.3. The number of hydrogen-bond acceptors (Lipinski definition) is 4. The second-order valence-corrected chi connectivity index (χ2v) is 8.01. The van der Waals surface area contributed by atoms with Gasteiger partial charge in [-0.3, -0.25) is 19.3 Å². The Hall–Kier alpha value is -3.19. The minimum atomic E-state index is -0.236. The third-order valence-electron chi connectivity index (χ3n) is 5.35. The predicted molar refractivity (Wildman–Crippen MR) is 122 cm³/mol. The number of rotatable bonds is 5. The van der Waals surface area contributed by atoms with Gasteiger partial charge in [0.25, 0.3) is 5.91 Å². The van der Waals surface area contributed by atoms with Gasteiger partial charge >= 0.3 is 0 Å². The Balaban J connectivity index is 1.72. The summed E-state index contributed by atoms with van der Waals surface area (Å²) < 4.78 is 0. The Morgan fingerprint density at radius 1 is 0.871 bits per heavy atom. The highest BCUT2D eigenvalue weighted by atomic mass is 16.2. The number of aryl methyl sites for hydroxylation is 1. The molecule has 7 nitrogen and oxygen atoms in total. The van der Waals surface area contributed by atoms with Gasteiger partial charge in [-0.15, -0.1) is 0 Å². The summed E-state index contributed by atoms with van der Waals surface area (Å²) in [5, 5.41) is 5.40. The van der Waals surface area contributed by atoms with Crippen LogP contribution in [0.3, 0.4) is 0 Å². The van der Waals surface area contributed by atoms with Crippen molar-refractivity contribution in [3.63, 3.8) is 0 Å². The molecular weight excluding hydrogens is 392 g/mol. The van der Waals surface area contributed by atoms with Crippen molar-refractivity contribution in [2.75, 3.05) is 36.8 Å². The summed E-state index contributed by atoms with van der Waals surface area (Å²) >= 11 is 0. The molecule has 0 unspecified atom stereocenters. The number of amides is 3. The minimum Gasteiger partial charge on any atom is -0.337 e. The number of anilines is 2. The van der Waals surface area contributed by atoms with Crippen LogP contribution in [0.1, 0.15) is 41.8 Å². The van der Waals surface area contributed by atoms with E-state index in [0.29, 0.717) is 30.0 Å². The lowest BCUT2D eigenvalue weighted by molar-refractivity contribution is -0.115. The van der Waals surface area contributed by atoms with Crippen LogP contribution in [0.2, 0.25) is 0 Å². The summed E-state index contributed by atoms with van der Waals surface area (Å²) in [5.74, 6) is -0.573. The molecule has 2 N–H and O–H groups in total. The van der Waals surface area contributed by atoms with Crippen molar-refractivity contribution in [1.82, 2.24) is 9.80 Å². The summed E-state index contributed by atoms with van der Waals surface area (Å²) in [5.41, 5.74) is 4.00. The van der Waals surface area contributed by atoms with E-state index in [0.717, 1.165) is 26.1 Å². The van der Waals surface area contributed by atoms with Gasteiger partial charge in [-0.1, -0.05) is 24.3 Å². The van der Waals surface area contributed by atoms with E-state index in [1.807, 2.05) is 11.0 Å². The third kappa shape index (κ3) is 6.39.